The predicted octanol–water partition coefficient (Wildman–Crippen LogP) is 1.91. The zero-order valence-electron chi connectivity index (χ0n) is 6.64. The lowest BCUT2D eigenvalue weighted by molar-refractivity contribution is -0.117. The minimum Gasteiger partial charge on any atom is -0.498 e. The summed E-state index contributed by atoms with van der Waals surface area (Å²) in [5.41, 5.74) is 0. The third-order valence-electron chi connectivity index (χ3n) is 1.15. The highest BCUT2D eigenvalue weighted by molar-refractivity contribution is 5.75. The second-order valence-corrected chi connectivity index (χ2v) is 2.19. The molecule has 58 valence electrons. The van der Waals surface area contributed by atoms with Crippen LogP contribution in [0.5, 0.6) is 0 Å². The van der Waals surface area contributed by atoms with Gasteiger partial charge < -0.3 is 4.74 Å². The SMILES string of the molecule is C=C(CC)OCCC(C)=O. The van der Waals surface area contributed by atoms with E-state index in [4.69, 9.17) is 4.74 Å². The third kappa shape index (κ3) is 5.35. The smallest absolute Gasteiger partial charge is 0.133 e. The summed E-state index contributed by atoms with van der Waals surface area (Å²) in [4.78, 5) is 10.4. The summed E-state index contributed by atoms with van der Waals surface area (Å²) in [7, 11) is 0. The summed E-state index contributed by atoms with van der Waals surface area (Å²) in [6.45, 7) is 7.63. The summed E-state index contributed by atoms with van der Waals surface area (Å²) >= 11 is 0. The fourth-order valence-electron chi connectivity index (χ4n) is 0.441. The van der Waals surface area contributed by atoms with Crippen LogP contribution in [0.3, 0.4) is 0 Å². The monoisotopic (exact) mass is 142 g/mol. The molecule has 0 aromatic heterocycles. The van der Waals surface area contributed by atoms with Gasteiger partial charge in [0.2, 0.25) is 0 Å². The van der Waals surface area contributed by atoms with Crippen molar-refractivity contribution in [2.24, 2.45) is 0 Å². The van der Waals surface area contributed by atoms with Crippen LogP contribution in [0, 0.1) is 0 Å². The number of carbonyl (C=O) groups excluding carboxylic acids is 1. The molecule has 0 aliphatic heterocycles. The van der Waals surface area contributed by atoms with Gasteiger partial charge in [-0.2, -0.15) is 0 Å². The Balaban J connectivity index is 3.20. The van der Waals surface area contributed by atoms with Crippen molar-refractivity contribution in [3.05, 3.63) is 12.3 Å². The van der Waals surface area contributed by atoms with Crippen LogP contribution >= 0.6 is 0 Å². The van der Waals surface area contributed by atoms with Crippen LogP contribution in [0.4, 0.5) is 0 Å². The molecule has 10 heavy (non-hydrogen) atoms. The fraction of sp³-hybridized carbons (Fsp3) is 0.625. The molecule has 0 saturated heterocycles. The van der Waals surface area contributed by atoms with Crippen molar-refractivity contribution in [2.75, 3.05) is 6.61 Å². The Morgan fingerprint density at radius 1 is 1.60 bits per heavy atom. The molecule has 0 N–H and O–H groups in total. The average Bonchev–Trinajstić information content (AvgIpc) is 1.87. The van der Waals surface area contributed by atoms with E-state index in [9.17, 15) is 4.79 Å². The highest BCUT2D eigenvalue weighted by atomic mass is 16.5. The highest BCUT2D eigenvalue weighted by Gasteiger charge is 1.93. The Bertz CT molecular complexity index is 127. The van der Waals surface area contributed by atoms with E-state index in [0.717, 1.165) is 12.2 Å². The maximum Gasteiger partial charge on any atom is 0.133 e. The number of allylic oxidation sites excluding steroid dienone is 1. The lowest BCUT2D eigenvalue weighted by Gasteiger charge is -2.04. The van der Waals surface area contributed by atoms with Crippen molar-refractivity contribution in [3.8, 4) is 0 Å². The normalized spacial score (nSPS) is 9.00. The van der Waals surface area contributed by atoms with Crippen molar-refractivity contribution in [1.29, 1.82) is 0 Å². The molecule has 0 amide bonds. The highest BCUT2D eigenvalue weighted by Crippen LogP contribution is 1.98. The van der Waals surface area contributed by atoms with Crippen LogP contribution in [0.1, 0.15) is 26.7 Å². The molecule has 0 aromatic carbocycles. The molecule has 0 spiro atoms. The van der Waals surface area contributed by atoms with Gasteiger partial charge in [-0.05, 0) is 6.92 Å². The van der Waals surface area contributed by atoms with Crippen molar-refractivity contribution < 1.29 is 9.53 Å². The Hall–Kier alpha value is -0.790. The lowest BCUT2D eigenvalue weighted by Crippen LogP contribution is -1.98. The molecule has 2 nitrogen and oxygen atoms in total. The Kier molecular flexibility index (Phi) is 4.63. The van der Waals surface area contributed by atoms with E-state index in [0.29, 0.717) is 13.0 Å². The first-order valence-corrected chi connectivity index (χ1v) is 3.46. The number of ketones is 1. The number of rotatable bonds is 5. The van der Waals surface area contributed by atoms with Crippen molar-refractivity contribution >= 4 is 5.78 Å². The molecule has 0 heterocycles. The second-order valence-electron chi connectivity index (χ2n) is 2.19. The van der Waals surface area contributed by atoms with Gasteiger partial charge in [0.25, 0.3) is 0 Å². The second kappa shape index (κ2) is 5.03. The standard InChI is InChI=1S/C8H14O2/c1-4-8(3)10-6-5-7(2)9/h3-6H2,1-2H3. The van der Waals surface area contributed by atoms with E-state index in [1.807, 2.05) is 6.92 Å². The molecule has 0 rings (SSSR count). The van der Waals surface area contributed by atoms with E-state index in [1.54, 1.807) is 6.92 Å². The minimum absolute atomic E-state index is 0.156. The zero-order chi connectivity index (χ0) is 7.98. The topological polar surface area (TPSA) is 26.3 Å². The maximum atomic E-state index is 10.4. The number of hydrogen-bond donors (Lipinski definition) is 0. The van der Waals surface area contributed by atoms with Gasteiger partial charge in [0.15, 0.2) is 0 Å². The molecule has 0 unspecified atom stereocenters. The molecule has 0 radical (unpaired) electrons. The van der Waals surface area contributed by atoms with Gasteiger partial charge in [-0.3, -0.25) is 4.79 Å². The molecule has 0 atom stereocenters. The van der Waals surface area contributed by atoms with Crippen LogP contribution in [0.2, 0.25) is 0 Å². The minimum atomic E-state index is 0.156. The summed E-state index contributed by atoms with van der Waals surface area (Å²) in [5, 5.41) is 0. The maximum absolute atomic E-state index is 10.4. The summed E-state index contributed by atoms with van der Waals surface area (Å²) in [6, 6.07) is 0. The van der Waals surface area contributed by atoms with Crippen molar-refractivity contribution in [3.63, 3.8) is 0 Å². The first-order valence-electron chi connectivity index (χ1n) is 3.46. The van der Waals surface area contributed by atoms with Crippen molar-refractivity contribution in [2.45, 2.75) is 26.7 Å². The molecule has 0 saturated carbocycles. The quantitative estimate of drug-likeness (QED) is 0.548. The molecule has 0 aliphatic carbocycles. The van der Waals surface area contributed by atoms with E-state index in [-0.39, 0.29) is 5.78 Å². The Morgan fingerprint density at radius 3 is 2.60 bits per heavy atom. The van der Waals surface area contributed by atoms with Crippen molar-refractivity contribution in [1.82, 2.24) is 0 Å². The van der Waals surface area contributed by atoms with Crippen LogP contribution in [0.15, 0.2) is 12.3 Å². The van der Waals surface area contributed by atoms with Gasteiger partial charge >= 0.3 is 0 Å². The van der Waals surface area contributed by atoms with Gasteiger partial charge in [0, 0.05) is 12.8 Å². The van der Waals surface area contributed by atoms with Crippen LogP contribution in [0.25, 0.3) is 0 Å². The van der Waals surface area contributed by atoms with E-state index in [2.05, 4.69) is 6.58 Å². The van der Waals surface area contributed by atoms with E-state index >= 15 is 0 Å². The molecule has 2 heteroatoms. The number of carbonyl (C=O) groups is 1. The Morgan fingerprint density at radius 2 is 2.20 bits per heavy atom. The van der Waals surface area contributed by atoms with Crippen LogP contribution < -0.4 is 0 Å². The number of Topliss-reactive ketones (excluding diaryl/α,β-unsaturated/α-hetero) is 1. The molecule has 0 bridgehead atoms. The largest absolute Gasteiger partial charge is 0.498 e. The average molecular weight is 142 g/mol. The molecular formula is C8H14O2. The van der Waals surface area contributed by atoms with Gasteiger partial charge in [0.1, 0.15) is 5.78 Å². The molecule has 0 aromatic rings. The predicted molar refractivity (Wildman–Crippen MR) is 40.7 cm³/mol. The van der Waals surface area contributed by atoms with Gasteiger partial charge in [-0.15, -0.1) is 0 Å². The van der Waals surface area contributed by atoms with E-state index < -0.39 is 0 Å². The van der Waals surface area contributed by atoms with Crippen LogP contribution in [-0.4, -0.2) is 12.4 Å². The van der Waals surface area contributed by atoms with Crippen LogP contribution in [-0.2, 0) is 9.53 Å². The molecule has 0 fully saturated rings. The number of ether oxygens (including phenoxy) is 1. The number of hydrogen-bond acceptors (Lipinski definition) is 2. The molecular weight excluding hydrogens is 128 g/mol. The van der Waals surface area contributed by atoms with Gasteiger partial charge in [-0.25, -0.2) is 0 Å². The Labute approximate surface area is 61.9 Å². The fourth-order valence-corrected chi connectivity index (χ4v) is 0.441. The lowest BCUT2D eigenvalue weighted by atomic mass is 10.3. The first kappa shape index (κ1) is 9.21. The summed E-state index contributed by atoms with van der Waals surface area (Å²) in [6.07, 6.45) is 1.30. The first-order chi connectivity index (χ1) is 4.66. The summed E-state index contributed by atoms with van der Waals surface area (Å²) < 4.78 is 5.09. The van der Waals surface area contributed by atoms with Gasteiger partial charge in [-0.1, -0.05) is 13.5 Å². The molecule has 0 aliphatic rings. The summed E-state index contributed by atoms with van der Waals surface area (Å²) in [5.74, 6) is 0.908. The third-order valence-corrected chi connectivity index (χ3v) is 1.15. The zero-order valence-corrected chi connectivity index (χ0v) is 6.64. The van der Waals surface area contributed by atoms with Gasteiger partial charge in [0.05, 0.1) is 12.4 Å². The van der Waals surface area contributed by atoms with E-state index in [1.165, 1.54) is 0 Å².